The molecule has 5 heterocycles. The third kappa shape index (κ3) is 6.97. The Hall–Kier alpha value is -5.49. The number of aromatic nitrogens is 4. The average molecular weight is 669 g/mol. The maximum atomic E-state index is 11.4. The first kappa shape index (κ1) is 33.0. The first-order chi connectivity index (χ1) is 24.4. The molecule has 0 bridgehead atoms. The Morgan fingerprint density at radius 3 is 1.96 bits per heavy atom. The predicted octanol–water partition coefficient (Wildman–Crippen LogP) is 6.33. The van der Waals surface area contributed by atoms with E-state index in [0.29, 0.717) is 44.2 Å². The van der Waals surface area contributed by atoms with E-state index in [2.05, 4.69) is 81.1 Å². The monoisotopic (exact) mass is 668 g/mol. The van der Waals surface area contributed by atoms with Gasteiger partial charge in [0.2, 0.25) is 0 Å². The van der Waals surface area contributed by atoms with Crippen LogP contribution in [0.25, 0.3) is 32.9 Å². The van der Waals surface area contributed by atoms with Crippen molar-refractivity contribution in [2.45, 2.75) is 33.4 Å². The Kier molecular flexibility index (Phi) is 9.61. The number of likely N-dealkylation sites (tertiary alicyclic amines) is 1. The van der Waals surface area contributed by atoms with Crippen LogP contribution in [0.3, 0.4) is 0 Å². The number of anilines is 4. The molecule has 6 aromatic rings. The van der Waals surface area contributed by atoms with Crippen LogP contribution in [0.4, 0.5) is 23.0 Å². The summed E-state index contributed by atoms with van der Waals surface area (Å²) in [4.78, 5) is 32.4. The van der Waals surface area contributed by atoms with Crippen molar-refractivity contribution >= 4 is 50.8 Å². The quantitative estimate of drug-likeness (QED) is 0.0932. The second-order valence-electron chi connectivity index (χ2n) is 12.8. The zero-order valence-corrected chi connectivity index (χ0v) is 28.1. The molecule has 0 amide bonds. The molecule has 1 aliphatic rings. The molecule has 4 aromatic heterocycles. The highest BCUT2D eigenvalue weighted by Gasteiger charge is 2.28. The minimum Gasteiger partial charge on any atom is -0.481 e. The number of benzene rings is 2. The van der Waals surface area contributed by atoms with Crippen LogP contribution >= 0.6 is 0 Å². The molecule has 0 radical (unpaired) electrons. The molecule has 0 aliphatic carbocycles. The molecular formula is C39H40N8O3. The molecular weight excluding hydrogens is 628 g/mol. The standard InChI is InChI=1S/C39H40N8O3/c1-24-31(5-3-7-33(24)45-37-35-28(9-12-41-37)17-26(20-43-35)19-40-14-16-48)32-6-4-8-34(25(32)2)46-38-36-29(10-13-42-38)18-27(21-44-36)22-47-15-11-30(23-47)39(49)50/h3-10,12-13,17-18,20-21,30,40,48H,11,14-16,19,22-23H2,1-2H3,(H,41,45)(H,42,46)(H,49,50)/t30-/m1/s1. The lowest BCUT2D eigenvalue weighted by Crippen LogP contribution is -2.22. The van der Waals surface area contributed by atoms with Gasteiger partial charge in [-0.05, 0) is 96.6 Å². The van der Waals surface area contributed by atoms with Crippen molar-refractivity contribution in [2.75, 3.05) is 36.9 Å². The number of nitrogens with zero attached hydrogens (tertiary/aromatic N) is 5. The van der Waals surface area contributed by atoms with Gasteiger partial charge < -0.3 is 26.2 Å². The van der Waals surface area contributed by atoms with Crippen molar-refractivity contribution in [3.63, 3.8) is 0 Å². The smallest absolute Gasteiger partial charge is 0.307 e. The van der Waals surface area contributed by atoms with Crippen molar-refractivity contribution < 1.29 is 15.0 Å². The zero-order valence-electron chi connectivity index (χ0n) is 28.1. The average Bonchev–Trinajstić information content (AvgIpc) is 3.59. The number of fused-ring (bicyclic) bond motifs is 2. The second-order valence-corrected chi connectivity index (χ2v) is 12.8. The Bertz CT molecular complexity index is 2190. The summed E-state index contributed by atoms with van der Waals surface area (Å²) in [6.07, 6.45) is 7.96. The van der Waals surface area contributed by atoms with Gasteiger partial charge >= 0.3 is 5.97 Å². The number of carbonyl (C=O) groups is 1. The Morgan fingerprint density at radius 1 is 0.820 bits per heavy atom. The van der Waals surface area contributed by atoms with Gasteiger partial charge in [0.1, 0.15) is 11.0 Å². The fourth-order valence-electron chi connectivity index (χ4n) is 6.71. The van der Waals surface area contributed by atoms with Crippen molar-refractivity contribution in [1.82, 2.24) is 30.2 Å². The molecule has 1 saturated heterocycles. The highest BCUT2D eigenvalue weighted by molar-refractivity contribution is 5.92. The van der Waals surface area contributed by atoms with E-state index in [0.717, 1.165) is 73.1 Å². The van der Waals surface area contributed by atoms with Crippen LogP contribution in [0.15, 0.2) is 85.5 Å². The van der Waals surface area contributed by atoms with E-state index in [9.17, 15) is 9.90 Å². The van der Waals surface area contributed by atoms with E-state index in [4.69, 9.17) is 15.1 Å². The number of nitrogens with one attached hydrogen (secondary N) is 3. The maximum Gasteiger partial charge on any atom is 0.307 e. The van der Waals surface area contributed by atoms with Crippen molar-refractivity contribution in [3.8, 4) is 11.1 Å². The summed E-state index contributed by atoms with van der Waals surface area (Å²) in [6.45, 7) is 7.49. The summed E-state index contributed by atoms with van der Waals surface area (Å²) < 4.78 is 0. The molecule has 0 unspecified atom stereocenters. The summed E-state index contributed by atoms with van der Waals surface area (Å²) in [7, 11) is 0. The van der Waals surface area contributed by atoms with Crippen LogP contribution in [0, 0.1) is 19.8 Å². The lowest BCUT2D eigenvalue weighted by atomic mass is 9.94. The number of carboxylic acids is 1. The molecule has 2 aromatic carbocycles. The van der Waals surface area contributed by atoms with Crippen LogP contribution in [0.1, 0.15) is 28.7 Å². The van der Waals surface area contributed by atoms with Gasteiger partial charge in [-0.2, -0.15) is 0 Å². The third-order valence-corrected chi connectivity index (χ3v) is 9.42. The number of carboxylic acid groups (broad SMARTS) is 1. The van der Waals surface area contributed by atoms with Gasteiger partial charge in [0, 0.05) is 73.1 Å². The van der Waals surface area contributed by atoms with Crippen LogP contribution in [0.2, 0.25) is 0 Å². The number of hydrogen-bond acceptors (Lipinski definition) is 10. The van der Waals surface area contributed by atoms with Gasteiger partial charge in [-0.1, -0.05) is 24.3 Å². The summed E-state index contributed by atoms with van der Waals surface area (Å²) in [6, 6.07) is 20.6. The summed E-state index contributed by atoms with van der Waals surface area (Å²) >= 11 is 0. The number of rotatable bonds is 12. The fraction of sp³-hybridized carbons (Fsp3) is 0.256. The molecule has 1 aliphatic heterocycles. The van der Waals surface area contributed by atoms with Gasteiger partial charge in [-0.3, -0.25) is 19.7 Å². The van der Waals surface area contributed by atoms with Crippen LogP contribution < -0.4 is 16.0 Å². The molecule has 11 heteroatoms. The Labute approximate surface area is 290 Å². The second kappa shape index (κ2) is 14.6. The summed E-state index contributed by atoms with van der Waals surface area (Å²) in [5.41, 5.74) is 9.90. The van der Waals surface area contributed by atoms with E-state index >= 15 is 0 Å². The highest BCUT2D eigenvalue weighted by Crippen LogP contribution is 2.36. The first-order valence-electron chi connectivity index (χ1n) is 16.9. The molecule has 0 saturated carbocycles. The number of aliphatic hydroxyl groups excluding tert-OH is 1. The van der Waals surface area contributed by atoms with Gasteiger partial charge in [0.25, 0.3) is 0 Å². The number of pyridine rings is 4. The zero-order chi connectivity index (χ0) is 34.6. The molecule has 0 spiro atoms. The maximum absolute atomic E-state index is 11.4. The lowest BCUT2D eigenvalue weighted by molar-refractivity contribution is -0.141. The molecule has 1 fully saturated rings. The number of aliphatic carboxylic acids is 1. The normalized spacial score (nSPS) is 14.7. The van der Waals surface area contributed by atoms with Crippen LogP contribution in [0.5, 0.6) is 0 Å². The molecule has 11 nitrogen and oxygen atoms in total. The summed E-state index contributed by atoms with van der Waals surface area (Å²) in [5, 5.41) is 30.7. The number of hydrogen-bond donors (Lipinski definition) is 5. The van der Waals surface area contributed by atoms with E-state index in [1.54, 1.807) is 12.4 Å². The van der Waals surface area contributed by atoms with Crippen LogP contribution in [-0.4, -0.2) is 67.3 Å². The highest BCUT2D eigenvalue weighted by atomic mass is 16.4. The van der Waals surface area contributed by atoms with Crippen LogP contribution in [-0.2, 0) is 17.9 Å². The minimum atomic E-state index is -0.723. The largest absolute Gasteiger partial charge is 0.481 e. The number of aliphatic hydroxyl groups is 1. The first-order valence-corrected chi connectivity index (χ1v) is 16.9. The Morgan fingerprint density at radius 2 is 1.40 bits per heavy atom. The minimum absolute atomic E-state index is 0.0949. The van der Waals surface area contributed by atoms with Crippen molar-refractivity contribution in [1.29, 1.82) is 0 Å². The molecule has 50 heavy (non-hydrogen) atoms. The van der Waals surface area contributed by atoms with Crippen molar-refractivity contribution in [2.24, 2.45) is 5.92 Å². The predicted molar refractivity (Wildman–Crippen MR) is 197 cm³/mol. The van der Waals surface area contributed by atoms with Gasteiger partial charge in [0.15, 0.2) is 11.6 Å². The lowest BCUT2D eigenvalue weighted by Gasteiger charge is -2.18. The van der Waals surface area contributed by atoms with E-state index < -0.39 is 5.97 Å². The molecule has 5 N–H and O–H groups in total. The SMILES string of the molecule is Cc1c(Nc2nccc3cc(CNCCO)cnc23)cccc1-c1cccc(Nc2nccc3cc(CN4CC[C@@H](C(=O)O)C4)cnc23)c1C. The van der Waals surface area contributed by atoms with Gasteiger partial charge in [-0.25, -0.2) is 9.97 Å². The Balaban J connectivity index is 1.12. The molecule has 1 atom stereocenters. The molecule has 7 rings (SSSR count). The van der Waals surface area contributed by atoms with Crippen molar-refractivity contribution in [3.05, 3.63) is 108 Å². The van der Waals surface area contributed by atoms with E-state index in [1.807, 2.05) is 36.7 Å². The topological polar surface area (TPSA) is 148 Å². The van der Waals surface area contributed by atoms with Gasteiger partial charge in [-0.15, -0.1) is 0 Å². The van der Waals surface area contributed by atoms with E-state index in [1.165, 1.54) is 0 Å². The summed E-state index contributed by atoms with van der Waals surface area (Å²) in [5.74, 6) is 0.339. The van der Waals surface area contributed by atoms with Gasteiger partial charge in [0.05, 0.1) is 12.5 Å². The molecule has 254 valence electrons. The fourth-order valence-corrected chi connectivity index (χ4v) is 6.71. The third-order valence-electron chi connectivity index (χ3n) is 9.42. The van der Waals surface area contributed by atoms with E-state index in [-0.39, 0.29) is 12.5 Å².